The first-order valence-corrected chi connectivity index (χ1v) is 13.5. The minimum absolute atomic E-state index is 0.0523. The van der Waals surface area contributed by atoms with Crippen molar-refractivity contribution in [1.82, 2.24) is 14.7 Å². The Morgan fingerprint density at radius 1 is 1.13 bits per heavy atom. The zero-order valence-corrected chi connectivity index (χ0v) is 21.3. The van der Waals surface area contributed by atoms with Gasteiger partial charge in [-0.2, -0.15) is 0 Å². The summed E-state index contributed by atoms with van der Waals surface area (Å²) in [5, 5.41) is 12.5. The summed E-state index contributed by atoms with van der Waals surface area (Å²) in [5.41, 5.74) is 0.0866. The number of carbonyl (C=O) groups excluding carboxylic acids is 1. The summed E-state index contributed by atoms with van der Waals surface area (Å²) < 4.78 is 44.8. The molecule has 1 amide bonds. The molecule has 0 saturated carbocycles. The van der Waals surface area contributed by atoms with Gasteiger partial charge in [-0.1, -0.05) is 12.1 Å². The number of benzene rings is 2. The predicted molar refractivity (Wildman–Crippen MR) is 139 cm³/mol. The van der Waals surface area contributed by atoms with Crippen LogP contribution in [0.2, 0.25) is 0 Å². The molecule has 0 atom stereocenters. The molecule has 3 heterocycles. The number of para-hydroxylation sites is 1. The number of hydrogen-bond donors (Lipinski definition) is 2. The van der Waals surface area contributed by atoms with E-state index in [1.165, 1.54) is 24.4 Å². The molecule has 0 unspecified atom stereocenters. The summed E-state index contributed by atoms with van der Waals surface area (Å²) >= 11 is 0. The smallest absolute Gasteiger partial charge is 0.312 e. The Hall–Kier alpha value is -4.49. The molecule has 39 heavy (non-hydrogen) atoms. The van der Waals surface area contributed by atoms with Gasteiger partial charge in [0, 0.05) is 30.9 Å². The molecule has 2 aromatic carbocycles. The maximum atomic E-state index is 13.0. The van der Waals surface area contributed by atoms with E-state index in [1.807, 2.05) is 4.72 Å². The lowest BCUT2D eigenvalue weighted by molar-refractivity contribution is -0.386. The highest BCUT2D eigenvalue weighted by Crippen LogP contribution is 2.31. The normalized spacial score (nSPS) is 14.2. The zero-order valence-electron chi connectivity index (χ0n) is 20.5. The molecular formula is C26H24N4O8S. The molecule has 0 spiro atoms. The Balaban J connectivity index is 1.33. The number of rotatable bonds is 9. The molecule has 2 aromatic heterocycles. The van der Waals surface area contributed by atoms with Gasteiger partial charge in [0.25, 0.3) is 15.9 Å². The van der Waals surface area contributed by atoms with Gasteiger partial charge >= 0.3 is 5.69 Å². The molecule has 13 heteroatoms. The Morgan fingerprint density at radius 3 is 2.72 bits per heavy atom. The van der Waals surface area contributed by atoms with Crippen LogP contribution in [0.1, 0.15) is 23.2 Å². The number of pyridine rings is 1. The molecule has 0 bridgehead atoms. The number of ether oxygens (including phenoxy) is 3. The quantitative estimate of drug-likeness (QED) is 0.229. The van der Waals surface area contributed by atoms with E-state index < -0.39 is 31.4 Å². The summed E-state index contributed by atoms with van der Waals surface area (Å²) in [7, 11) is -4.47. The third-order valence-electron chi connectivity index (χ3n) is 6.21. The Labute approximate surface area is 223 Å². The number of nitro benzene ring substituents is 1. The van der Waals surface area contributed by atoms with Crippen molar-refractivity contribution in [3.8, 4) is 17.2 Å². The molecule has 1 aliphatic rings. The first kappa shape index (κ1) is 26.1. The van der Waals surface area contributed by atoms with Crippen molar-refractivity contribution in [3.63, 3.8) is 0 Å². The van der Waals surface area contributed by atoms with E-state index in [0.717, 1.165) is 30.4 Å². The number of nitrogens with one attached hydrogen (secondary N) is 2. The van der Waals surface area contributed by atoms with Gasteiger partial charge in [0.2, 0.25) is 0 Å². The molecule has 2 N–H and O–H groups in total. The van der Waals surface area contributed by atoms with Crippen LogP contribution in [-0.4, -0.2) is 49.0 Å². The van der Waals surface area contributed by atoms with Gasteiger partial charge in [-0.25, -0.2) is 18.1 Å². The van der Waals surface area contributed by atoms with Crippen LogP contribution in [0, 0.1) is 16.0 Å². The van der Waals surface area contributed by atoms with Crippen LogP contribution in [0.3, 0.4) is 0 Å². The average Bonchev–Trinajstić information content (AvgIpc) is 3.40. The molecule has 1 saturated heterocycles. The highest BCUT2D eigenvalue weighted by atomic mass is 32.2. The van der Waals surface area contributed by atoms with Crippen LogP contribution in [-0.2, 0) is 14.8 Å². The molecular weight excluding hydrogens is 528 g/mol. The highest BCUT2D eigenvalue weighted by Gasteiger charge is 2.26. The predicted octanol–water partition coefficient (Wildman–Crippen LogP) is 4.19. The number of amides is 1. The summed E-state index contributed by atoms with van der Waals surface area (Å²) in [6, 6.07) is 12.9. The van der Waals surface area contributed by atoms with Crippen LogP contribution in [0.25, 0.3) is 11.0 Å². The Kier molecular flexibility index (Phi) is 7.43. The largest absolute Gasteiger partial charge is 0.487 e. The molecule has 5 rings (SSSR count). The number of fused-ring (bicyclic) bond motifs is 1. The number of aromatic nitrogens is 2. The first-order valence-electron chi connectivity index (χ1n) is 12.1. The van der Waals surface area contributed by atoms with Crippen molar-refractivity contribution >= 4 is 32.7 Å². The lowest BCUT2D eigenvalue weighted by Gasteiger charge is -2.22. The van der Waals surface area contributed by atoms with Gasteiger partial charge in [0.05, 0.1) is 28.2 Å². The van der Waals surface area contributed by atoms with E-state index in [-0.39, 0.29) is 29.6 Å². The van der Waals surface area contributed by atoms with Gasteiger partial charge in [0.15, 0.2) is 5.75 Å². The number of sulfonamides is 1. The second kappa shape index (κ2) is 11.1. The minimum Gasteiger partial charge on any atom is -0.487 e. The molecule has 1 aliphatic heterocycles. The van der Waals surface area contributed by atoms with Crippen molar-refractivity contribution in [2.45, 2.75) is 17.7 Å². The van der Waals surface area contributed by atoms with Crippen LogP contribution in [0.4, 0.5) is 5.69 Å². The third kappa shape index (κ3) is 5.99. The van der Waals surface area contributed by atoms with E-state index in [0.29, 0.717) is 24.6 Å². The monoisotopic (exact) mass is 552 g/mol. The topological polar surface area (TPSA) is 163 Å². The Morgan fingerprint density at radius 2 is 1.92 bits per heavy atom. The second-order valence-electron chi connectivity index (χ2n) is 8.87. The van der Waals surface area contributed by atoms with Gasteiger partial charge in [-0.3, -0.25) is 14.9 Å². The zero-order chi connectivity index (χ0) is 27.4. The molecule has 4 aromatic rings. The number of nitrogens with zero attached hydrogens (tertiary/aromatic N) is 2. The lowest BCUT2D eigenvalue weighted by Crippen LogP contribution is -2.31. The number of nitro groups is 1. The summed E-state index contributed by atoms with van der Waals surface area (Å²) in [6.45, 7) is 1.44. The van der Waals surface area contributed by atoms with Gasteiger partial charge in [-0.15, -0.1) is 0 Å². The van der Waals surface area contributed by atoms with E-state index in [9.17, 15) is 23.3 Å². The maximum absolute atomic E-state index is 13.0. The van der Waals surface area contributed by atoms with Gasteiger partial charge in [-0.05, 0) is 55.2 Å². The molecule has 0 radical (unpaired) electrons. The average molecular weight is 553 g/mol. The molecule has 12 nitrogen and oxygen atoms in total. The van der Waals surface area contributed by atoms with E-state index in [1.54, 1.807) is 30.5 Å². The van der Waals surface area contributed by atoms with E-state index in [2.05, 4.69) is 9.97 Å². The first-order chi connectivity index (χ1) is 18.8. The number of carbonyl (C=O) groups is 1. The van der Waals surface area contributed by atoms with Crippen molar-refractivity contribution in [2.75, 3.05) is 19.8 Å². The number of H-pyrrole nitrogens is 1. The highest BCUT2D eigenvalue weighted by molar-refractivity contribution is 7.90. The van der Waals surface area contributed by atoms with Crippen molar-refractivity contribution < 1.29 is 32.3 Å². The molecule has 202 valence electrons. The second-order valence-corrected chi connectivity index (χ2v) is 10.6. The van der Waals surface area contributed by atoms with Crippen LogP contribution >= 0.6 is 0 Å². The van der Waals surface area contributed by atoms with Crippen LogP contribution < -0.4 is 14.2 Å². The van der Waals surface area contributed by atoms with Crippen LogP contribution in [0.5, 0.6) is 17.2 Å². The fraction of sp³-hybridized carbons (Fsp3) is 0.231. The summed E-state index contributed by atoms with van der Waals surface area (Å²) in [5.74, 6) is -0.391. The van der Waals surface area contributed by atoms with Crippen molar-refractivity contribution in [2.24, 2.45) is 5.92 Å². The lowest BCUT2D eigenvalue weighted by atomic mass is 10.0. The standard InChI is InChI=1S/C26H24N4O8S/c31-26(21-3-1-2-4-23(21)38-19-13-18-7-10-27-25(18)28-15-19)29-39(34,35)20-5-6-24(22(14-20)30(32)33)37-16-17-8-11-36-12-9-17/h1-7,10,13-15,17H,8-9,11-12,16H2,(H,27,28)(H,29,31). The Bertz CT molecular complexity index is 1630. The van der Waals surface area contributed by atoms with E-state index in [4.69, 9.17) is 14.2 Å². The maximum Gasteiger partial charge on any atom is 0.312 e. The fourth-order valence-electron chi connectivity index (χ4n) is 4.13. The molecule has 1 fully saturated rings. The van der Waals surface area contributed by atoms with Crippen LogP contribution in [0.15, 0.2) is 71.9 Å². The number of aromatic amines is 1. The van der Waals surface area contributed by atoms with E-state index >= 15 is 0 Å². The van der Waals surface area contributed by atoms with Gasteiger partial charge < -0.3 is 19.2 Å². The fourth-order valence-corrected chi connectivity index (χ4v) is 5.12. The molecule has 0 aliphatic carbocycles. The van der Waals surface area contributed by atoms with Crippen molar-refractivity contribution in [1.29, 1.82) is 0 Å². The van der Waals surface area contributed by atoms with Crippen molar-refractivity contribution in [3.05, 3.63) is 82.7 Å². The summed E-state index contributed by atoms with van der Waals surface area (Å²) in [4.78, 5) is 30.7. The SMILES string of the molecule is O=C(NS(=O)(=O)c1ccc(OCC2CCOCC2)c([N+](=O)[O-])c1)c1ccccc1Oc1cnc2[nH]ccc2c1. The van der Waals surface area contributed by atoms with Gasteiger partial charge in [0.1, 0.15) is 17.1 Å². The minimum atomic E-state index is -4.47. The summed E-state index contributed by atoms with van der Waals surface area (Å²) in [6.07, 6.45) is 4.74. The third-order valence-corrected chi connectivity index (χ3v) is 7.54. The number of hydrogen-bond acceptors (Lipinski definition) is 9.